The second kappa shape index (κ2) is 4.14. The Morgan fingerprint density at radius 3 is 2.90 bits per heavy atom. The second-order valence-electron chi connectivity index (χ2n) is 5.15. The molecule has 2 heterocycles. The summed E-state index contributed by atoms with van der Waals surface area (Å²) in [5, 5.41) is 11.8. The molecule has 20 heavy (non-hydrogen) atoms. The molecule has 0 saturated heterocycles. The van der Waals surface area contributed by atoms with E-state index in [1.165, 1.54) is 4.57 Å². The van der Waals surface area contributed by atoms with Gasteiger partial charge in [-0.3, -0.25) is 9.88 Å². The van der Waals surface area contributed by atoms with Crippen LogP contribution in [0.25, 0.3) is 11.3 Å². The minimum atomic E-state index is -0.697. The van der Waals surface area contributed by atoms with Crippen molar-refractivity contribution in [2.24, 2.45) is 0 Å². The average Bonchev–Trinajstić information content (AvgIpc) is 2.85. The largest absolute Gasteiger partial charge is 0.438 e. The van der Waals surface area contributed by atoms with E-state index in [2.05, 4.69) is 11.5 Å². The SMILES string of the molecule is CC1(C)OC(=O)Nc2ccc(-c3cccn3C#N)cc21. The van der Waals surface area contributed by atoms with Gasteiger partial charge >= 0.3 is 6.09 Å². The lowest BCUT2D eigenvalue weighted by Crippen LogP contribution is -2.34. The Morgan fingerprint density at radius 1 is 1.35 bits per heavy atom. The lowest BCUT2D eigenvalue weighted by atomic mass is 9.92. The maximum absolute atomic E-state index is 11.5. The molecule has 1 aliphatic rings. The monoisotopic (exact) mass is 267 g/mol. The Morgan fingerprint density at radius 2 is 2.15 bits per heavy atom. The first-order chi connectivity index (χ1) is 9.51. The van der Waals surface area contributed by atoms with E-state index in [9.17, 15) is 4.79 Å². The first-order valence-electron chi connectivity index (χ1n) is 6.23. The van der Waals surface area contributed by atoms with Gasteiger partial charge in [0.25, 0.3) is 0 Å². The molecule has 0 bridgehead atoms. The number of hydrogen-bond acceptors (Lipinski definition) is 3. The van der Waals surface area contributed by atoms with Gasteiger partial charge in [0.2, 0.25) is 0 Å². The van der Waals surface area contributed by atoms with Crippen LogP contribution in [-0.2, 0) is 10.3 Å². The van der Waals surface area contributed by atoms with Gasteiger partial charge in [0, 0.05) is 11.8 Å². The van der Waals surface area contributed by atoms with E-state index in [0.29, 0.717) is 0 Å². The number of fused-ring (bicyclic) bond motifs is 1. The van der Waals surface area contributed by atoms with Crippen molar-refractivity contribution in [3.05, 3.63) is 42.1 Å². The van der Waals surface area contributed by atoms with Crippen LogP contribution in [0.4, 0.5) is 10.5 Å². The van der Waals surface area contributed by atoms with E-state index in [1.807, 2.05) is 44.2 Å². The van der Waals surface area contributed by atoms with E-state index in [1.54, 1.807) is 6.20 Å². The molecule has 5 heteroatoms. The minimum Gasteiger partial charge on any atom is -0.438 e. The fraction of sp³-hybridized carbons (Fsp3) is 0.200. The summed E-state index contributed by atoms with van der Waals surface area (Å²) in [6, 6.07) is 9.35. The molecule has 1 aromatic carbocycles. The lowest BCUT2D eigenvalue weighted by molar-refractivity contribution is 0.0421. The molecule has 1 N–H and O–H groups in total. The summed E-state index contributed by atoms with van der Waals surface area (Å²) in [5.74, 6) is 0. The van der Waals surface area contributed by atoms with Crippen molar-refractivity contribution < 1.29 is 9.53 Å². The van der Waals surface area contributed by atoms with E-state index < -0.39 is 11.7 Å². The number of anilines is 1. The summed E-state index contributed by atoms with van der Waals surface area (Å²) >= 11 is 0. The third kappa shape index (κ3) is 1.82. The zero-order valence-corrected chi connectivity index (χ0v) is 11.2. The summed E-state index contributed by atoms with van der Waals surface area (Å²) in [5.41, 5.74) is 2.65. The van der Waals surface area contributed by atoms with Crippen LogP contribution in [0.5, 0.6) is 0 Å². The Hall–Kier alpha value is -2.74. The third-order valence-electron chi connectivity index (χ3n) is 3.41. The Labute approximate surface area is 116 Å². The number of nitrogens with one attached hydrogen (secondary N) is 1. The molecule has 1 amide bonds. The van der Waals surface area contributed by atoms with Gasteiger partial charge in [0.15, 0.2) is 6.19 Å². The Kier molecular flexibility index (Phi) is 2.54. The Balaban J connectivity index is 2.15. The molecule has 1 aliphatic heterocycles. The van der Waals surface area contributed by atoms with Crippen LogP contribution in [0, 0.1) is 11.5 Å². The number of cyclic esters (lactones) is 1. The van der Waals surface area contributed by atoms with E-state index >= 15 is 0 Å². The first kappa shape index (κ1) is 12.3. The van der Waals surface area contributed by atoms with Crippen molar-refractivity contribution >= 4 is 11.8 Å². The van der Waals surface area contributed by atoms with Crippen molar-refractivity contribution in [1.82, 2.24) is 4.57 Å². The second-order valence-corrected chi connectivity index (χ2v) is 5.15. The molecule has 3 rings (SSSR count). The van der Waals surface area contributed by atoms with Gasteiger partial charge in [-0.2, -0.15) is 5.26 Å². The molecule has 0 spiro atoms. The van der Waals surface area contributed by atoms with Gasteiger partial charge < -0.3 is 4.74 Å². The molecule has 100 valence electrons. The molecule has 0 atom stereocenters. The standard InChI is InChI=1S/C15H13N3O2/c1-15(2)11-8-10(13-4-3-7-18(13)9-16)5-6-12(11)17-14(19)20-15/h3-8H,1-2H3,(H,17,19). The highest BCUT2D eigenvalue weighted by atomic mass is 16.6. The topological polar surface area (TPSA) is 67.0 Å². The predicted octanol–water partition coefficient (Wildman–Crippen LogP) is 3.28. The number of rotatable bonds is 1. The molecule has 0 fully saturated rings. The lowest BCUT2D eigenvalue weighted by Gasteiger charge is -2.32. The van der Waals surface area contributed by atoms with Crippen LogP contribution < -0.4 is 5.32 Å². The van der Waals surface area contributed by atoms with E-state index in [-0.39, 0.29) is 0 Å². The van der Waals surface area contributed by atoms with Gasteiger partial charge in [-0.1, -0.05) is 6.07 Å². The van der Waals surface area contributed by atoms with Gasteiger partial charge in [0.1, 0.15) is 5.60 Å². The van der Waals surface area contributed by atoms with Crippen LogP contribution >= 0.6 is 0 Å². The van der Waals surface area contributed by atoms with Crippen molar-refractivity contribution in [2.45, 2.75) is 19.4 Å². The summed E-state index contributed by atoms with van der Waals surface area (Å²) in [6.45, 7) is 3.69. The molecule has 2 aromatic rings. The molecule has 0 unspecified atom stereocenters. The summed E-state index contributed by atoms with van der Waals surface area (Å²) < 4.78 is 6.80. The number of ether oxygens (including phenoxy) is 1. The number of carbonyl (C=O) groups is 1. The van der Waals surface area contributed by atoms with E-state index in [0.717, 1.165) is 22.5 Å². The predicted molar refractivity (Wildman–Crippen MR) is 74.0 cm³/mol. The first-order valence-corrected chi connectivity index (χ1v) is 6.23. The van der Waals surface area contributed by atoms with Crippen molar-refractivity contribution in [3.63, 3.8) is 0 Å². The van der Waals surface area contributed by atoms with Gasteiger partial charge in [-0.05, 0) is 43.7 Å². The van der Waals surface area contributed by atoms with Gasteiger partial charge in [0.05, 0.1) is 11.4 Å². The number of nitriles is 1. The van der Waals surface area contributed by atoms with Gasteiger partial charge in [-0.15, -0.1) is 0 Å². The molecule has 0 aliphatic carbocycles. The van der Waals surface area contributed by atoms with Crippen LogP contribution in [0.3, 0.4) is 0 Å². The molecule has 1 aromatic heterocycles. The summed E-state index contributed by atoms with van der Waals surface area (Å²) in [4.78, 5) is 11.5. The van der Waals surface area contributed by atoms with Crippen LogP contribution in [0.2, 0.25) is 0 Å². The number of nitrogens with zero attached hydrogens (tertiary/aromatic N) is 2. The van der Waals surface area contributed by atoms with Crippen LogP contribution in [-0.4, -0.2) is 10.7 Å². The number of carbonyl (C=O) groups excluding carboxylic acids is 1. The number of amides is 1. The molecular formula is C15H13N3O2. The maximum Gasteiger partial charge on any atom is 0.412 e. The summed E-state index contributed by atoms with van der Waals surface area (Å²) in [6.07, 6.45) is 3.36. The zero-order valence-electron chi connectivity index (χ0n) is 11.2. The molecular weight excluding hydrogens is 254 g/mol. The normalized spacial score (nSPS) is 15.8. The number of benzene rings is 1. The average molecular weight is 267 g/mol. The molecule has 5 nitrogen and oxygen atoms in total. The fourth-order valence-corrected chi connectivity index (χ4v) is 2.44. The Bertz CT molecular complexity index is 738. The van der Waals surface area contributed by atoms with Crippen LogP contribution in [0.1, 0.15) is 19.4 Å². The highest BCUT2D eigenvalue weighted by Crippen LogP contribution is 2.37. The number of hydrogen-bond donors (Lipinski definition) is 1. The van der Waals surface area contributed by atoms with Crippen molar-refractivity contribution in [1.29, 1.82) is 5.26 Å². The van der Waals surface area contributed by atoms with Crippen LogP contribution in [0.15, 0.2) is 36.5 Å². The highest BCUT2D eigenvalue weighted by molar-refractivity contribution is 5.89. The smallest absolute Gasteiger partial charge is 0.412 e. The fourth-order valence-electron chi connectivity index (χ4n) is 2.44. The highest BCUT2D eigenvalue weighted by Gasteiger charge is 2.33. The minimum absolute atomic E-state index is 0.448. The van der Waals surface area contributed by atoms with Crippen molar-refractivity contribution in [2.75, 3.05) is 5.32 Å². The maximum atomic E-state index is 11.5. The van der Waals surface area contributed by atoms with Crippen molar-refractivity contribution in [3.8, 4) is 17.5 Å². The molecule has 0 radical (unpaired) electrons. The summed E-state index contributed by atoms with van der Waals surface area (Å²) in [7, 11) is 0. The van der Waals surface area contributed by atoms with Gasteiger partial charge in [-0.25, -0.2) is 4.79 Å². The molecule has 0 saturated carbocycles. The third-order valence-corrected chi connectivity index (χ3v) is 3.41. The number of aromatic nitrogens is 1. The van der Waals surface area contributed by atoms with E-state index in [4.69, 9.17) is 10.00 Å². The quantitative estimate of drug-likeness (QED) is 0.862. The zero-order chi connectivity index (χ0) is 14.3.